The van der Waals surface area contributed by atoms with Crippen LogP contribution in [0.3, 0.4) is 0 Å². The Morgan fingerprint density at radius 2 is 1.78 bits per heavy atom. The van der Waals surface area contributed by atoms with E-state index in [9.17, 15) is 9.59 Å². The van der Waals surface area contributed by atoms with Gasteiger partial charge >= 0.3 is 0 Å². The predicted octanol–water partition coefficient (Wildman–Crippen LogP) is 5.78. The Hall–Kier alpha value is -3.31. The van der Waals surface area contributed by atoms with Crippen LogP contribution in [0.4, 0.5) is 5.69 Å². The summed E-state index contributed by atoms with van der Waals surface area (Å²) in [7, 11) is 0. The SMILES string of the molecule is CC(=O)Nc1cccc(C(C)N(Cc2ccccc2)C(=O)COc2ccc(Cl)c(C)c2)c1. The summed E-state index contributed by atoms with van der Waals surface area (Å²) in [5.41, 5.74) is 3.53. The molecule has 0 heterocycles. The highest BCUT2D eigenvalue weighted by Crippen LogP contribution is 2.26. The smallest absolute Gasteiger partial charge is 0.261 e. The second-order valence-electron chi connectivity index (χ2n) is 7.69. The minimum atomic E-state index is -0.230. The van der Waals surface area contributed by atoms with Gasteiger partial charge in [-0.1, -0.05) is 54.1 Å². The van der Waals surface area contributed by atoms with Crippen LogP contribution < -0.4 is 10.1 Å². The molecule has 3 rings (SSSR count). The highest BCUT2D eigenvalue weighted by molar-refractivity contribution is 6.31. The minimum Gasteiger partial charge on any atom is -0.484 e. The van der Waals surface area contributed by atoms with Crippen LogP contribution in [0.25, 0.3) is 0 Å². The number of benzene rings is 3. The van der Waals surface area contributed by atoms with E-state index in [1.165, 1.54) is 6.92 Å². The first-order valence-electron chi connectivity index (χ1n) is 10.4. The number of anilines is 1. The molecular formula is C26H27ClN2O3. The van der Waals surface area contributed by atoms with Crippen LogP contribution >= 0.6 is 11.6 Å². The van der Waals surface area contributed by atoms with Gasteiger partial charge in [0.2, 0.25) is 5.91 Å². The molecule has 0 spiro atoms. The second-order valence-corrected chi connectivity index (χ2v) is 8.10. The summed E-state index contributed by atoms with van der Waals surface area (Å²) in [5.74, 6) is 0.317. The van der Waals surface area contributed by atoms with E-state index in [-0.39, 0.29) is 24.5 Å². The topological polar surface area (TPSA) is 58.6 Å². The van der Waals surface area contributed by atoms with E-state index in [2.05, 4.69) is 5.32 Å². The zero-order valence-electron chi connectivity index (χ0n) is 18.5. The maximum Gasteiger partial charge on any atom is 0.261 e. The Kier molecular flexibility index (Phi) is 7.90. The van der Waals surface area contributed by atoms with E-state index < -0.39 is 0 Å². The first kappa shape index (κ1) is 23.4. The van der Waals surface area contributed by atoms with Crippen molar-refractivity contribution in [2.24, 2.45) is 0 Å². The third-order valence-corrected chi connectivity index (χ3v) is 5.59. The number of carbonyl (C=O) groups is 2. The van der Waals surface area contributed by atoms with Gasteiger partial charge in [0.15, 0.2) is 6.61 Å². The fourth-order valence-electron chi connectivity index (χ4n) is 3.42. The molecule has 0 bridgehead atoms. The minimum absolute atomic E-state index is 0.0936. The summed E-state index contributed by atoms with van der Waals surface area (Å²) in [6, 6.07) is 22.5. The number of hydrogen-bond acceptors (Lipinski definition) is 3. The van der Waals surface area contributed by atoms with Gasteiger partial charge in [0.05, 0.1) is 6.04 Å². The van der Waals surface area contributed by atoms with Crippen molar-refractivity contribution < 1.29 is 14.3 Å². The quantitative estimate of drug-likeness (QED) is 0.473. The molecule has 0 saturated heterocycles. The van der Waals surface area contributed by atoms with E-state index in [1.807, 2.05) is 74.5 Å². The molecule has 0 aromatic heterocycles. The summed E-state index contributed by atoms with van der Waals surface area (Å²) in [4.78, 5) is 26.5. The number of amides is 2. The number of carbonyl (C=O) groups excluding carboxylic acids is 2. The molecular weight excluding hydrogens is 424 g/mol. The molecule has 6 heteroatoms. The molecule has 0 radical (unpaired) electrons. The van der Waals surface area contributed by atoms with Gasteiger partial charge in [0, 0.05) is 24.2 Å². The van der Waals surface area contributed by atoms with Gasteiger partial charge in [-0.3, -0.25) is 9.59 Å². The van der Waals surface area contributed by atoms with Crippen molar-refractivity contribution in [2.75, 3.05) is 11.9 Å². The lowest BCUT2D eigenvalue weighted by Gasteiger charge is -2.30. The van der Waals surface area contributed by atoms with Crippen LogP contribution in [0.1, 0.15) is 36.6 Å². The number of hydrogen-bond donors (Lipinski definition) is 1. The Balaban J connectivity index is 1.81. The van der Waals surface area contributed by atoms with Gasteiger partial charge in [-0.2, -0.15) is 0 Å². The Labute approximate surface area is 194 Å². The predicted molar refractivity (Wildman–Crippen MR) is 128 cm³/mol. The largest absolute Gasteiger partial charge is 0.484 e. The number of halogens is 1. The van der Waals surface area contributed by atoms with Crippen molar-refractivity contribution in [1.82, 2.24) is 4.90 Å². The molecule has 0 aliphatic heterocycles. The third-order valence-electron chi connectivity index (χ3n) is 5.16. The molecule has 1 unspecified atom stereocenters. The fourth-order valence-corrected chi connectivity index (χ4v) is 3.53. The average molecular weight is 451 g/mol. The van der Waals surface area contributed by atoms with Gasteiger partial charge in [0.25, 0.3) is 5.91 Å². The maximum absolute atomic E-state index is 13.3. The number of nitrogens with zero attached hydrogens (tertiary/aromatic N) is 1. The molecule has 0 aliphatic rings. The molecule has 2 amide bonds. The first-order chi connectivity index (χ1) is 15.3. The van der Waals surface area contributed by atoms with E-state index in [1.54, 1.807) is 17.0 Å². The average Bonchev–Trinajstić information content (AvgIpc) is 2.78. The van der Waals surface area contributed by atoms with Crippen molar-refractivity contribution >= 4 is 29.1 Å². The molecule has 0 aliphatic carbocycles. The number of rotatable bonds is 8. The van der Waals surface area contributed by atoms with E-state index >= 15 is 0 Å². The fraction of sp³-hybridized carbons (Fsp3) is 0.231. The van der Waals surface area contributed by atoms with Crippen LogP contribution in [0.5, 0.6) is 5.75 Å². The Morgan fingerprint density at radius 1 is 1.03 bits per heavy atom. The first-order valence-corrected chi connectivity index (χ1v) is 10.8. The van der Waals surface area contributed by atoms with Gasteiger partial charge in [-0.25, -0.2) is 0 Å². The molecule has 3 aromatic carbocycles. The molecule has 1 atom stereocenters. The third kappa shape index (κ3) is 6.34. The summed E-state index contributed by atoms with van der Waals surface area (Å²) in [6.45, 7) is 5.68. The lowest BCUT2D eigenvalue weighted by atomic mass is 10.0. The molecule has 166 valence electrons. The zero-order valence-corrected chi connectivity index (χ0v) is 19.2. The second kappa shape index (κ2) is 10.8. The molecule has 5 nitrogen and oxygen atoms in total. The van der Waals surface area contributed by atoms with Gasteiger partial charge in [0.1, 0.15) is 5.75 Å². The standard InChI is InChI=1S/C26H27ClN2O3/c1-18-14-24(12-13-25(18)27)32-17-26(31)29(16-21-8-5-4-6-9-21)19(2)22-10-7-11-23(15-22)28-20(3)30/h4-15,19H,16-17H2,1-3H3,(H,28,30). The summed E-state index contributed by atoms with van der Waals surface area (Å²) in [6.07, 6.45) is 0. The maximum atomic E-state index is 13.3. The monoisotopic (exact) mass is 450 g/mol. The Morgan fingerprint density at radius 3 is 2.47 bits per heavy atom. The molecule has 32 heavy (non-hydrogen) atoms. The summed E-state index contributed by atoms with van der Waals surface area (Å²) < 4.78 is 5.78. The number of nitrogens with one attached hydrogen (secondary N) is 1. The van der Waals surface area contributed by atoms with Crippen LogP contribution in [-0.2, 0) is 16.1 Å². The van der Waals surface area contributed by atoms with Crippen LogP contribution in [0.15, 0.2) is 72.8 Å². The van der Waals surface area contributed by atoms with Crippen molar-refractivity contribution in [3.05, 3.63) is 94.5 Å². The van der Waals surface area contributed by atoms with Gasteiger partial charge < -0.3 is 15.0 Å². The zero-order chi connectivity index (χ0) is 23.1. The summed E-state index contributed by atoms with van der Waals surface area (Å²) >= 11 is 6.08. The van der Waals surface area contributed by atoms with Gasteiger partial charge in [-0.05, 0) is 60.9 Å². The van der Waals surface area contributed by atoms with E-state index in [0.29, 0.717) is 23.0 Å². The number of aryl methyl sites for hydroxylation is 1. The lowest BCUT2D eigenvalue weighted by molar-refractivity contribution is -0.136. The van der Waals surface area contributed by atoms with E-state index in [4.69, 9.17) is 16.3 Å². The van der Waals surface area contributed by atoms with Crippen molar-refractivity contribution in [2.45, 2.75) is 33.4 Å². The van der Waals surface area contributed by atoms with Crippen LogP contribution in [0, 0.1) is 6.92 Å². The highest BCUT2D eigenvalue weighted by atomic mass is 35.5. The van der Waals surface area contributed by atoms with Crippen molar-refractivity contribution in [1.29, 1.82) is 0 Å². The van der Waals surface area contributed by atoms with E-state index in [0.717, 1.165) is 16.7 Å². The van der Waals surface area contributed by atoms with Crippen LogP contribution in [0.2, 0.25) is 5.02 Å². The molecule has 1 N–H and O–H groups in total. The lowest BCUT2D eigenvalue weighted by Crippen LogP contribution is -2.36. The summed E-state index contributed by atoms with van der Waals surface area (Å²) in [5, 5.41) is 3.45. The highest BCUT2D eigenvalue weighted by Gasteiger charge is 2.23. The van der Waals surface area contributed by atoms with Crippen molar-refractivity contribution in [3.63, 3.8) is 0 Å². The van der Waals surface area contributed by atoms with Gasteiger partial charge in [-0.15, -0.1) is 0 Å². The molecule has 0 saturated carbocycles. The molecule has 3 aromatic rings. The van der Waals surface area contributed by atoms with Crippen molar-refractivity contribution in [3.8, 4) is 5.75 Å². The van der Waals surface area contributed by atoms with Crippen LogP contribution in [-0.4, -0.2) is 23.3 Å². The number of ether oxygens (including phenoxy) is 1. The molecule has 0 fully saturated rings. The Bertz CT molecular complexity index is 1090. The normalized spacial score (nSPS) is 11.5.